The van der Waals surface area contributed by atoms with Crippen LogP contribution in [0.1, 0.15) is 37.3 Å². The van der Waals surface area contributed by atoms with Crippen LogP contribution < -0.4 is 10.8 Å². The molecule has 9 heteroatoms. The van der Waals surface area contributed by atoms with E-state index in [4.69, 9.17) is 19.4 Å². The molecule has 3 rings (SSSR count). The van der Waals surface area contributed by atoms with Crippen LogP contribution in [0.25, 0.3) is 11.1 Å². The lowest BCUT2D eigenvalue weighted by Crippen LogP contribution is -2.51. The monoisotopic (exact) mass is 470 g/mol. The first kappa shape index (κ1) is 25.2. The first-order valence-corrected chi connectivity index (χ1v) is 11.2. The highest BCUT2D eigenvalue weighted by molar-refractivity contribution is 5.85. The number of hydroxylamine groups is 1. The number of rotatable bonds is 11. The summed E-state index contributed by atoms with van der Waals surface area (Å²) in [6.07, 6.45) is -1.53. The molecule has 3 N–H and O–H groups in total. The zero-order valence-corrected chi connectivity index (χ0v) is 19.4. The molecule has 2 aromatic rings. The minimum Gasteiger partial charge on any atom is -0.479 e. The number of fused-ring (bicyclic) bond motifs is 3. The third-order valence-corrected chi connectivity index (χ3v) is 6.01. The average molecular weight is 471 g/mol. The van der Waals surface area contributed by atoms with Crippen molar-refractivity contribution in [3.05, 3.63) is 59.7 Å². The molecule has 1 aliphatic carbocycles. The minimum atomic E-state index is -1.37. The van der Waals surface area contributed by atoms with Crippen LogP contribution in [0.4, 0.5) is 4.79 Å². The number of nitrogens with one attached hydrogen (secondary N) is 2. The number of hydrogen-bond acceptors (Lipinski definition) is 6. The van der Waals surface area contributed by atoms with Gasteiger partial charge in [-0.05, 0) is 28.2 Å². The molecule has 0 radical (unpaired) electrons. The lowest BCUT2D eigenvalue weighted by Gasteiger charge is -2.24. The summed E-state index contributed by atoms with van der Waals surface area (Å²) in [6, 6.07) is 15.0. The molecule has 2 aromatic carbocycles. The smallest absolute Gasteiger partial charge is 0.407 e. The summed E-state index contributed by atoms with van der Waals surface area (Å²) in [5.74, 6) is -2.32. The van der Waals surface area contributed by atoms with Crippen molar-refractivity contribution in [2.24, 2.45) is 5.92 Å². The Kier molecular flexibility index (Phi) is 8.61. The molecule has 0 bridgehead atoms. The van der Waals surface area contributed by atoms with Gasteiger partial charge in [0.25, 0.3) is 5.91 Å². The Morgan fingerprint density at radius 1 is 1.03 bits per heavy atom. The van der Waals surface area contributed by atoms with E-state index in [0.29, 0.717) is 6.42 Å². The van der Waals surface area contributed by atoms with Crippen molar-refractivity contribution in [1.82, 2.24) is 10.8 Å². The molecule has 182 valence electrons. The minimum absolute atomic E-state index is 0.109. The number of hydrogen-bond donors (Lipinski definition) is 3. The highest BCUT2D eigenvalue weighted by Crippen LogP contribution is 2.44. The number of aliphatic carboxylic acids is 1. The van der Waals surface area contributed by atoms with Crippen LogP contribution in [0.2, 0.25) is 0 Å². The van der Waals surface area contributed by atoms with Gasteiger partial charge >= 0.3 is 12.1 Å². The zero-order valence-electron chi connectivity index (χ0n) is 19.4. The van der Waals surface area contributed by atoms with E-state index >= 15 is 0 Å². The fraction of sp³-hybridized carbons (Fsp3) is 0.400. The van der Waals surface area contributed by atoms with Crippen LogP contribution in [0, 0.1) is 5.92 Å². The molecule has 0 spiro atoms. The van der Waals surface area contributed by atoms with Gasteiger partial charge in [-0.2, -0.15) is 0 Å². The van der Waals surface area contributed by atoms with Crippen LogP contribution >= 0.6 is 0 Å². The van der Waals surface area contributed by atoms with Crippen molar-refractivity contribution >= 4 is 18.0 Å². The van der Waals surface area contributed by atoms with E-state index in [1.54, 1.807) is 6.92 Å². The highest BCUT2D eigenvalue weighted by Gasteiger charge is 2.31. The standard InChI is InChI=1S/C25H30N2O7/c1-4-15(2)22(23(28)27-34-21(14-32-3)24(29)30)26-25(31)33-13-20-18-11-7-5-9-16(18)17-10-6-8-12-19(17)20/h5-12,15,20-22H,4,13-14H2,1-3H3,(H,26,31)(H,27,28)(H,29,30)/t15-,21?,22-/m0/s1. The summed E-state index contributed by atoms with van der Waals surface area (Å²) in [6.45, 7) is 3.53. The first-order chi connectivity index (χ1) is 16.4. The van der Waals surface area contributed by atoms with Gasteiger partial charge in [0, 0.05) is 13.0 Å². The molecule has 3 atom stereocenters. The number of carbonyl (C=O) groups is 3. The molecular formula is C25H30N2O7. The van der Waals surface area contributed by atoms with E-state index in [1.165, 1.54) is 7.11 Å². The van der Waals surface area contributed by atoms with E-state index in [0.717, 1.165) is 22.3 Å². The van der Waals surface area contributed by atoms with Gasteiger partial charge in [-0.3, -0.25) is 9.63 Å². The number of carbonyl (C=O) groups excluding carboxylic acids is 2. The van der Waals surface area contributed by atoms with Gasteiger partial charge in [-0.1, -0.05) is 68.8 Å². The van der Waals surface area contributed by atoms with Gasteiger partial charge in [-0.15, -0.1) is 0 Å². The number of ether oxygens (including phenoxy) is 2. The summed E-state index contributed by atoms with van der Waals surface area (Å²) >= 11 is 0. The number of carboxylic acid groups (broad SMARTS) is 1. The van der Waals surface area contributed by atoms with Crippen molar-refractivity contribution in [1.29, 1.82) is 0 Å². The molecule has 34 heavy (non-hydrogen) atoms. The van der Waals surface area contributed by atoms with Crippen molar-refractivity contribution in [3.8, 4) is 11.1 Å². The summed E-state index contributed by atoms with van der Waals surface area (Å²) in [5, 5.41) is 11.7. The second-order valence-electron chi connectivity index (χ2n) is 8.20. The number of amides is 2. The zero-order chi connectivity index (χ0) is 24.7. The SMILES string of the molecule is CC[C@H](C)[C@H](NC(=O)OCC1c2ccccc2-c2ccccc21)C(=O)NOC(COC)C(=O)O. The molecular weight excluding hydrogens is 440 g/mol. The fourth-order valence-electron chi connectivity index (χ4n) is 3.97. The third kappa shape index (κ3) is 5.73. The molecule has 2 amide bonds. The average Bonchev–Trinajstić information content (AvgIpc) is 3.16. The van der Waals surface area contributed by atoms with E-state index in [-0.39, 0.29) is 25.0 Å². The molecule has 0 aromatic heterocycles. The molecule has 9 nitrogen and oxygen atoms in total. The van der Waals surface area contributed by atoms with E-state index in [1.807, 2.05) is 55.5 Å². The van der Waals surface area contributed by atoms with Gasteiger partial charge in [0.2, 0.25) is 6.10 Å². The maximum atomic E-state index is 12.7. The Labute approximate surface area is 198 Å². The molecule has 0 aliphatic heterocycles. The second kappa shape index (κ2) is 11.6. The summed E-state index contributed by atoms with van der Waals surface area (Å²) < 4.78 is 10.3. The Bertz CT molecular complexity index is 980. The van der Waals surface area contributed by atoms with E-state index in [9.17, 15) is 14.4 Å². The van der Waals surface area contributed by atoms with Gasteiger partial charge in [0.05, 0.1) is 6.61 Å². The Hall–Kier alpha value is -3.43. The predicted molar refractivity (Wildman–Crippen MR) is 124 cm³/mol. The largest absolute Gasteiger partial charge is 0.479 e. The fourth-order valence-corrected chi connectivity index (χ4v) is 3.97. The predicted octanol–water partition coefficient (Wildman–Crippen LogP) is 3.09. The third-order valence-electron chi connectivity index (χ3n) is 6.01. The number of alkyl carbamates (subject to hydrolysis) is 1. The Morgan fingerprint density at radius 3 is 2.15 bits per heavy atom. The Morgan fingerprint density at radius 2 is 1.62 bits per heavy atom. The van der Waals surface area contributed by atoms with Crippen molar-refractivity contribution in [2.45, 2.75) is 38.3 Å². The second-order valence-corrected chi connectivity index (χ2v) is 8.20. The number of carboxylic acids is 1. The van der Waals surface area contributed by atoms with Gasteiger partial charge in [0.15, 0.2) is 0 Å². The van der Waals surface area contributed by atoms with Crippen LogP contribution in [0.3, 0.4) is 0 Å². The molecule has 1 unspecified atom stereocenters. The van der Waals surface area contributed by atoms with Crippen molar-refractivity contribution in [3.63, 3.8) is 0 Å². The maximum Gasteiger partial charge on any atom is 0.407 e. The van der Waals surface area contributed by atoms with Crippen LogP contribution in [-0.2, 0) is 23.9 Å². The first-order valence-electron chi connectivity index (χ1n) is 11.2. The van der Waals surface area contributed by atoms with Crippen LogP contribution in [-0.4, -0.2) is 55.5 Å². The quantitative estimate of drug-likeness (QED) is 0.431. The highest BCUT2D eigenvalue weighted by atomic mass is 16.7. The van der Waals surface area contributed by atoms with Crippen molar-refractivity contribution < 1.29 is 33.8 Å². The normalized spacial score (nSPS) is 14.9. The van der Waals surface area contributed by atoms with Gasteiger partial charge in [0.1, 0.15) is 12.6 Å². The van der Waals surface area contributed by atoms with E-state index in [2.05, 4.69) is 10.8 Å². The van der Waals surface area contributed by atoms with Crippen molar-refractivity contribution in [2.75, 3.05) is 20.3 Å². The Balaban J connectivity index is 1.63. The summed E-state index contributed by atoms with van der Waals surface area (Å²) in [7, 11) is 1.32. The lowest BCUT2D eigenvalue weighted by molar-refractivity contribution is -0.165. The summed E-state index contributed by atoms with van der Waals surface area (Å²) in [5.41, 5.74) is 6.52. The number of methoxy groups -OCH3 is 1. The number of benzene rings is 2. The summed E-state index contributed by atoms with van der Waals surface area (Å²) in [4.78, 5) is 41.4. The molecule has 1 aliphatic rings. The van der Waals surface area contributed by atoms with Crippen LogP contribution in [0.15, 0.2) is 48.5 Å². The molecule has 0 heterocycles. The maximum absolute atomic E-state index is 12.7. The molecule has 0 saturated carbocycles. The van der Waals surface area contributed by atoms with Crippen LogP contribution in [0.5, 0.6) is 0 Å². The van der Waals surface area contributed by atoms with Gasteiger partial charge < -0.3 is 19.9 Å². The molecule has 0 fully saturated rings. The van der Waals surface area contributed by atoms with Gasteiger partial charge in [-0.25, -0.2) is 15.1 Å². The lowest BCUT2D eigenvalue weighted by atomic mass is 9.98. The topological polar surface area (TPSA) is 123 Å². The molecule has 0 saturated heterocycles. The van der Waals surface area contributed by atoms with E-state index < -0.39 is 30.1 Å².